The maximum Gasteiger partial charge on any atom is 0.248 e. The van der Waals surface area contributed by atoms with Crippen LogP contribution in [0.3, 0.4) is 0 Å². The molecule has 2 aliphatic rings. The summed E-state index contributed by atoms with van der Waals surface area (Å²) >= 11 is 0. The minimum Gasteiger partial charge on any atom is -0.360 e. The molecule has 0 aromatic carbocycles. The highest BCUT2D eigenvalue weighted by Crippen LogP contribution is 2.35. The van der Waals surface area contributed by atoms with Gasteiger partial charge in [0, 0.05) is 26.7 Å². The average molecular weight is 313 g/mol. The Morgan fingerprint density at radius 3 is 2.62 bits per heavy atom. The first-order valence-corrected chi connectivity index (χ1v) is 8.44. The number of carbonyl (C=O) groups is 1. The van der Waals surface area contributed by atoms with Crippen molar-refractivity contribution >= 4 is 15.9 Å². The van der Waals surface area contributed by atoms with E-state index in [0.717, 1.165) is 6.42 Å². The van der Waals surface area contributed by atoms with Crippen LogP contribution in [0.4, 0.5) is 0 Å². The van der Waals surface area contributed by atoms with Gasteiger partial charge < -0.3 is 9.42 Å². The zero-order valence-electron chi connectivity index (χ0n) is 12.4. The van der Waals surface area contributed by atoms with Crippen LogP contribution in [0.1, 0.15) is 17.9 Å². The Bertz CT molecular complexity index is 662. The van der Waals surface area contributed by atoms with Crippen molar-refractivity contribution in [1.82, 2.24) is 14.4 Å². The lowest BCUT2D eigenvalue weighted by atomic mass is 9.88. The first-order valence-electron chi connectivity index (χ1n) is 7.00. The number of likely N-dealkylation sites (tertiary alicyclic amines) is 1. The lowest BCUT2D eigenvalue weighted by Gasteiger charge is -2.30. The van der Waals surface area contributed by atoms with Crippen molar-refractivity contribution in [2.45, 2.75) is 25.2 Å². The van der Waals surface area contributed by atoms with Crippen molar-refractivity contribution in [2.24, 2.45) is 11.8 Å². The molecule has 1 amide bonds. The molecule has 2 atom stereocenters. The molecule has 0 unspecified atom stereocenters. The maximum atomic E-state index is 12.8. The number of aromatic nitrogens is 1. The number of sulfonamides is 1. The molecule has 7 nitrogen and oxygen atoms in total. The summed E-state index contributed by atoms with van der Waals surface area (Å²) in [5, 5.41) is 3.72. The molecular weight excluding hydrogens is 294 g/mol. The van der Waals surface area contributed by atoms with E-state index in [1.165, 1.54) is 4.31 Å². The Labute approximate surface area is 123 Å². The molecule has 2 aliphatic heterocycles. The van der Waals surface area contributed by atoms with Gasteiger partial charge in [0.2, 0.25) is 15.9 Å². The summed E-state index contributed by atoms with van der Waals surface area (Å²) in [7, 11) is -1.88. The Kier molecular flexibility index (Phi) is 3.32. The molecular formula is C13H19N3O4S. The van der Waals surface area contributed by atoms with Crippen LogP contribution in [0.25, 0.3) is 0 Å². The van der Waals surface area contributed by atoms with E-state index in [1.54, 1.807) is 25.8 Å². The third-order valence-corrected chi connectivity index (χ3v) is 6.58. The van der Waals surface area contributed by atoms with Crippen LogP contribution >= 0.6 is 0 Å². The highest BCUT2D eigenvalue weighted by atomic mass is 32.2. The number of piperidine rings is 1. The molecule has 0 bridgehead atoms. The number of hydrogen-bond donors (Lipinski definition) is 0. The van der Waals surface area contributed by atoms with E-state index in [9.17, 15) is 13.2 Å². The molecule has 0 aliphatic carbocycles. The number of nitrogens with zero attached hydrogens (tertiary/aromatic N) is 3. The maximum absolute atomic E-state index is 12.8. The predicted molar refractivity (Wildman–Crippen MR) is 74.0 cm³/mol. The summed E-state index contributed by atoms with van der Waals surface area (Å²) in [5.74, 6) is 0.233. The van der Waals surface area contributed by atoms with Crippen molar-refractivity contribution in [2.75, 3.05) is 26.7 Å². The summed E-state index contributed by atoms with van der Waals surface area (Å²) in [6, 6.07) is 0. The van der Waals surface area contributed by atoms with Gasteiger partial charge in [-0.2, -0.15) is 4.31 Å². The highest BCUT2D eigenvalue weighted by molar-refractivity contribution is 7.89. The van der Waals surface area contributed by atoms with Gasteiger partial charge in [-0.25, -0.2) is 8.42 Å². The molecule has 1 aromatic heterocycles. The van der Waals surface area contributed by atoms with E-state index < -0.39 is 10.0 Å². The van der Waals surface area contributed by atoms with Gasteiger partial charge in [-0.05, 0) is 26.2 Å². The average Bonchev–Trinajstić information content (AvgIpc) is 2.99. The molecule has 0 saturated carbocycles. The Morgan fingerprint density at radius 1 is 1.29 bits per heavy atom. The van der Waals surface area contributed by atoms with Gasteiger partial charge in [0.1, 0.15) is 10.6 Å². The number of amides is 1. The number of rotatable bonds is 2. The van der Waals surface area contributed by atoms with E-state index in [2.05, 4.69) is 5.16 Å². The third kappa shape index (κ3) is 2.17. The van der Waals surface area contributed by atoms with Gasteiger partial charge in [-0.15, -0.1) is 0 Å². The van der Waals surface area contributed by atoms with E-state index in [-0.39, 0.29) is 29.2 Å². The Balaban J connectivity index is 1.91. The predicted octanol–water partition coefficient (Wildman–Crippen LogP) is 0.390. The number of hydrogen-bond acceptors (Lipinski definition) is 5. The van der Waals surface area contributed by atoms with Crippen molar-refractivity contribution < 1.29 is 17.7 Å². The lowest BCUT2D eigenvalue weighted by molar-refractivity contribution is -0.137. The van der Waals surface area contributed by atoms with Crippen LogP contribution in [0.2, 0.25) is 0 Å². The smallest absolute Gasteiger partial charge is 0.248 e. The van der Waals surface area contributed by atoms with Gasteiger partial charge in [-0.3, -0.25) is 4.79 Å². The van der Waals surface area contributed by atoms with Gasteiger partial charge in [0.25, 0.3) is 0 Å². The summed E-state index contributed by atoms with van der Waals surface area (Å²) in [6.07, 6.45) is 0.848. The molecule has 2 fully saturated rings. The molecule has 0 radical (unpaired) electrons. The molecule has 3 heterocycles. The zero-order chi connectivity index (χ0) is 15.4. The summed E-state index contributed by atoms with van der Waals surface area (Å²) < 4.78 is 31.9. The SMILES string of the molecule is Cc1noc(C)c1S(=O)(=O)N1C[C@H]2CCN(C)C(=O)[C@H]2C1. The van der Waals surface area contributed by atoms with E-state index in [4.69, 9.17) is 4.52 Å². The molecule has 1 aromatic rings. The third-order valence-electron chi connectivity index (χ3n) is 4.50. The van der Waals surface area contributed by atoms with Gasteiger partial charge in [-0.1, -0.05) is 5.16 Å². The molecule has 8 heteroatoms. The monoisotopic (exact) mass is 313 g/mol. The van der Waals surface area contributed by atoms with Gasteiger partial charge >= 0.3 is 0 Å². The minimum absolute atomic E-state index is 0.0442. The van der Waals surface area contributed by atoms with Gasteiger partial charge in [0.15, 0.2) is 5.76 Å². The second kappa shape index (κ2) is 4.81. The van der Waals surface area contributed by atoms with Gasteiger partial charge in [0.05, 0.1) is 5.92 Å². The topological polar surface area (TPSA) is 83.7 Å². The molecule has 21 heavy (non-hydrogen) atoms. The van der Waals surface area contributed by atoms with Crippen LogP contribution in [0.15, 0.2) is 9.42 Å². The quantitative estimate of drug-likeness (QED) is 0.788. The Morgan fingerprint density at radius 2 is 2.00 bits per heavy atom. The molecule has 0 N–H and O–H groups in total. The fourth-order valence-corrected chi connectivity index (χ4v) is 5.14. The zero-order valence-corrected chi connectivity index (χ0v) is 13.2. The number of fused-ring (bicyclic) bond motifs is 1. The van der Waals surface area contributed by atoms with E-state index >= 15 is 0 Å². The van der Waals surface area contributed by atoms with Crippen LogP contribution in [-0.4, -0.2) is 55.4 Å². The first kappa shape index (κ1) is 14.5. The van der Waals surface area contributed by atoms with Crippen LogP contribution < -0.4 is 0 Å². The minimum atomic E-state index is -3.65. The molecule has 2 saturated heterocycles. The highest BCUT2D eigenvalue weighted by Gasteiger charge is 2.46. The first-order chi connectivity index (χ1) is 9.82. The van der Waals surface area contributed by atoms with E-state index in [1.807, 2.05) is 0 Å². The van der Waals surface area contributed by atoms with Crippen molar-refractivity contribution in [1.29, 1.82) is 0 Å². The lowest BCUT2D eigenvalue weighted by Crippen LogP contribution is -2.42. The van der Waals surface area contributed by atoms with Crippen LogP contribution in [0.5, 0.6) is 0 Å². The summed E-state index contributed by atoms with van der Waals surface area (Å²) in [5.41, 5.74) is 0.366. The summed E-state index contributed by atoms with van der Waals surface area (Å²) in [6.45, 7) is 4.55. The molecule has 116 valence electrons. The largest absolute Gasteiger partial charge is 0.360 e. The van der Waals surface area contributed by atoms with Crippen LogP contribution in [0, 0.1) is 25.7 Å². The second-order valence-corrected chi connectivity index (χ2v) is 7.77. The summed E-state index contributed by atoms with van der Waals surface area (Å²) in [4.78, 5) is 14.0. The Hall–Kier alpha value is -1.41. The number of aryl methyl sites for hydroxylation is 2. The fourth-order valence-electron chi connectivity index (χ4n) is 3.32. The fraction of sp³-hybridized carbons (Fsp3) is 0.692. The van der Waals surface area contributed by atoms with Crippen LogP contribution in [-0.2, 0) is 14.8 Å². The normalized spacial score (nSPS) is 27.2. The number of carbonyl (C=O) groups excluding carboxylic acids is 1. The van der Waals surface area contributed by atoms with Crippen molar-refractivity contribution in [3.05, 3.63) is 11.5 Å². The van der Waals surface area contributed by atoms with Crippen molar-refractivity contribution in [3.63, 3.8) is 0 Å². The standard InChI is InChI=1S/C13H19N3O4S/c1-8-12(9(2)20-14-8)21(18,19)16-6-10-4-5-15(3)13(17)11(10)7-16/h10-11H,4-7H2,1-3H3/t10-,11+/m1/s1. The second-order valence-electron chi connectivity index (χ2n) is 5.89. The van der Waals surface area contributed by atoms with Crippen molar-refractivity contribution in [3.8, 4) is 0 Å². The van der Waals surface area contributed by atoms with E-state index in [0.29, 0.717) is 24.5 Å². The molecule has 3 rings (SSSR count). The molecule has 0 spiro atoms.